The monoisotopic (exact) mass is 258 g/mol. The Bertz CT molecular complexity index is 540. The lowest BCUT2D eigenvalue weighted by Crippen LogP contribution is -2.06. The van der Waals surface area contributed by atoms with E-state index in [0.29, 0.717) is 17.8 Å². The molecule has 0 atom stereocenters. The largest absolute Gasteiger partial charge is 0.467 e. The van der Waals surface area contributed by atoms with Crippen molar-refractivity contribution >= 4 is 5.95 Å². The van der Waals surface area contributed by atoms with Crippen molar-refractivity contribution in [2.45, 2.75) is 20.3 Å². The smallest absolute Gasteiger partial charge is 0.321 e. The maximum absolute atomic E-state index is 5.11. The second-order valence-corrected chi connectivity index (χ2v) is 4.05. The number of anilines is 1. The van der Waals surface area contributed by atoms with Gasteiger partial charge in [0.1, 0.15) is 0 Å². The SMILES string of the molecule is CCNc1nc(OC)nc(-c2ccc(CC)cc2)n1. The Morgan fingerprint density at radius 1 is 1.05 bits per heavy atom. The number of rotatable bonds is 5. The maximum Gasteiger partial charge on any atom is 0.321 e. The lowest BCUT2D eigenvalue weighted by molar-refractivity contribution is 0.379. The highest BCUT2D eigenvalue weighted by Crippen LogP contribution is 2.19. The molecule has 0 bridgehead atoms. The fourth-order valence-corrected chi connectivity index (χ4v) is 1.70. The molecule has 1 aromatic heterocycles. The Morgan fingerprint density at radius 3 is 2.37 bits per heavy atom. The van der Waals surface area contributed by atoms with E-state index in [-0.39, 0.29) is 0 Å². The molecule has 1 aromatic carbocycles. The number of methoxy groups -OCH3 is 1. The molecule has 2 rings (SSSR count). The van der Waals surface area contributed by atoms with E-state index in [4.69, 9.17) is 4.74 Å². The van der Waals surface area contributed by atoms with Crippen LogP contribution < -0.4 is 10.1 Å². The van der Waals surface area contributed by atoms with E-state index in [0.717, 1.165) is 18.5 Å². The summed E-state index contributed by atoms with van der Waals surface area (Å²) < 4.78 is 5.11. The summed E-state index contributed by atoms with van der Waals surface area (Å²) in [5.41, 5.74) is 2.24. The molecule has 0 saturated carbocycles. The third-order valence-electron chi connectivity index (χ3n) is 2.75. The van der Waals surface area contributed by atoms with E-state index < -0.39 is 0 Å². The Kier molecular flexibility index (Phi) is 4.28. The van der Waals surface area contributed by atoms with Crippen LogP contribution in [0.1, 0.15) is 19.4 Å². The number of nitrogens with zero attached hydrogens (tertiary/aromatic N) is 3. The fraction of sp³-hybridized carbons (Fsp3) is 0.357. The van der Waals surface area contributed by atoms with Gasteiger partial charge in [0.15, 0.2) is 5.82 Å². The summed E-state index contributed by atoms with van der Waals surface area (Å²) in [7, 11) is 1.55. The van der Waals surface area contributed by atoms with Gasteiger partial charge in [0.2, 0.25) is 5.95 Å². The molecule has 0 amide bonds. The van der Waals surface area contributed by atoms with Crippen LogP contribution in [0.4, 0.5) is 5.95 Å². The molecular weight excluding hydrogens is 240 g/mol. The molecule has 0 saturated heterocycles. The number of hydrogen-bond donors (Lipinski definition) is 1. The van der Waals surface area contributed by atoms with Gasteiger partial charge in [-0.05, 0) is 18.9 Å². The van der Waals surface area contributed by atoms with Crippen molar-refractivity contribution < 1.29 is 4.74 Å². The number of nitrogens with one attached hydrogen (secondary N) is 1. The molecule has 100 valence electrons. The van der Waals surface area contributed by atoms with Gasteiger partial charge in [-0.1, -0.05) is 31.2 Å². The molecule has 5 heteroatoms. The van der Waals surface area contributed by atoms with Crippen LogP contribution in [-0.2, 0) is 6.42 Å². The summed E-state index contributed by atoms with van der Waals surface area (Å²) in [6.07, 6.45) is 1.02. The van der Waals surface area contributed by atoms with Crippen LogP contribution in [0.2, 0.25) is 0 Å². The van der Waals surface area contributed by atoms with Crippen LogP contribution in [-0.4, -0.2) is 28.6 Å². The minimum atomic E-state index is 0.320. The summed E-state index contributed by atoms with van der Waals surface area (Å²) in [4.78, 5) is 12.8. The summed E-state index contributed by atoms with van der Waals surface area (Å²) in [5.74, 6) is 1.15. The van der Waals surface area contributed by atoms with Crippen molar-refractivity contribution in [2.24, 2.45) is 0 Å². The lowest BCUT2D eigenvalue weighted by atomic mass is 10.1. The molecule has 2 aromatic rings. The first-order valence-corrected chi connectivity index (χ1v) is 6.40. The predicted octanol–water partition coefficient (Wildman–Crippen LogP) is 2.54. The van der Waals surface area contributed by atoms with E-state index in [2.05, 4.69) is 39.3 Å². The molecule has 0 aliphatic rings. The van der Waals surface area contributed by atoms with Gasteiger partial charge in [0, 0.05) is 12.1 Å². The first-order valence-electron chi connectivity index (χ1n) is 6.40. The minimum Gasteiger partial charge on any atom is -0.467 e. The third kappa shape index (κ3) is 3.19. The summed E-state index contributed by atoms with van der Waals surface area (Å²) in [6, 6.07) is 8.52. The van der Waals surface area contributed by atoms with Gasteiger partial charge in [-0.2, -0.15) is 15.0 Å². The molecule has 1 N–H and O–H groups in total. The van der Waals surface area contributed by atoms with Gasteiger partial charge in [0.05, 0.1) is 7.11 Å². The highest BCUT2D eigenvalue weighted by molar-refractivity contribution is 5.57. The quantitative estimate of drug-likeness (QED) is 0.893. The van der Waals surface area contributed by atoms with Gasteiger partial charge >= 0.3 is 6.01 Å². The molecule has 0 unspecified atom stereocenters. The van der Waals surface area contributed by atoms with Crippen molar-refractivity contribution in [3.8, 4) is 17.4 Å². The van der Waals surface area contributed by atoms with Crippen LogP contribution in [0.3, 0.4) is 0 Å². The highest BCUT2D eigenvalue weighted by atomic mass is 16.5. The summed E-state index contributed by atoms with van der Waals surface area (Å²) in [5, 5.41) is 3.07. The van der Waals surface area contributed by atoms with Gasteiger partial charge < -0.3 is 10.1 Å². The highest BCUT2D eigenvalue weighted by Gasteiger charge is 2.08. The van der Waals surface area contributed by atoms with Crippen LogP contribution in [0.5, 0.6) is 6.01 Å². The minimum absolute atomic E-state index is 0.320. The zero-order chi connectivity index (χ0) is 13.7. The molecule has 0 aliphatic carbocycles. The Hall–Kier alpha value is -2.17. The summed E-state index contributed by atoms with van der Waals surface area (Å²) in [6.45, 7) is 4.87. The van der Waals surface area contributed by atoms with E-state index in [1.165, 1.54) is 5.56 Å². The van der Waals surface area contributed by atoms with Crippen molar-refractivity contribution in [3.05, 3.63) is 29.8 Å². The average molecular weight is 258 g/mol. The Labute approximate surface area is 113 Å². The lowest BCUT2D eigenvalue weighted by Gasteiger charge is -2.07. The normalized spacial score (nSPS) is 10.3. The van der Waals surface area contributed by atoms with E-state index >= 15 is 0 Å². The van der Waals surface area contributed by atoms with Gasteiger partial charge in [-0.3, -0.25) is 0 Å². The van der Waals surface area contributed by atoms with Crippen molar-refractivity contribution in [2.75, 3.05) is 19.0 Å². The number of aryl methyl sites for hydroxylation is 1. The molecule has 0 aliphatic heterocycles. The van der Waals surface area contributed by atoms with Gasteiger partial charge in [-0.25, -0.2) is 0 Å². The number of hydrogen-bond acceptors (Lipinski definition) is 5. The molecule has 1 heterocycles. The van der Waals surface area contributed by atoms with E-state index in [9.17, 15) is 0 Å². The third-order valence-corrected chi connectivity index (χ3v) is 2.75. The van der Waals surface area contributed by atoms with Gasteiger partial charge in [-0.15, -0.1) is 0 Å². The zero-order valence-electron chi connectivity index (χ0n) is 11.5. The van der Waals surface area contributed by atoms with Gasteiger partial charge in [0.25, 0.3) is 0 Å². The zero-order valence-corrected chi connectivity index (χ0v) is 11.5. The van der Waals surface area contributed by atoms with Crippen LogP contribution in [0, 0.1) is 0 Å². The average Bonchev–Trinajstić information content (AvgIpc) is 2.47. The summed E-state index contributed by atoms with van der Waals surface area (Å²) >= 11 is 0. The number of benzene rings is 1. The second-order valence-electron chi connectivity index (χ2n) is 4.05. The second kappa shape index (κ2) is 6.13. The van der Waals surface area contributed by atoms with Crippen LogP contribution in [0.15, 0.2) is 24.3 Å². The maximum atomic E-state index is 5.11. The standard InChI is InChI=1S/C14H18N4O/c1-4-10-6-8-11(9-7-10)12-16-13(15-5-2)18-14(17-12)19-3/h6-9H,4-5H2,1-3H3,(H,15,16,17,18). The Morgan fingerprint density at radius 2 is 1.79 bits per heavy atom. The first-order chi connectivity index (χ1) is 9.26. The Balaban J connectivity index is 2.38. The van der Waals surface area contributed by atoms with Crippen molar-refractivity contribution in [3.63, 3.8) is 0 Å². The van der Waals surface area contributed by atoms with E-state index in [1.54, 1.807) is 7.11 Å². The predicted molar refractivity (Wildman–Crippen MR) is 75.4 cm³/mol. The van der Waals surface area contributed by atoms with Crippen molar-refractivity contribution in [1.29, 1.82) is 0 Å². The molecule has 5 nitrogen and oxygen atoms in total. The topological polar surface area (TPSA) is 59.9 Å². The molecule has 0 spiro atoms. The molecule has 0 radical (unpaired) electrons. The fourth-order valence-electron chi connectivity index (χ4n) is 1.70. The molecular formula is C14H18N4O. The van der Waals surface area contributed by atoms with Crippen LogP contribution in [0.25, 0.3) is 11.4 Å². The number of aromatic nitrogens is 3. The first kappa shape index (κ1) is 13.3. The molecule has 19 heavy (non-hydrogen) atoms. The number of ether oxygens (including phenoxy) is 1. The van der Waals surface area contributed by atoms with Crippen LogP contribution >= 0.6 is 0 Å². The van der Waals surface area contributed by atoms with Crippen molar-refractivity contribution in [1.82, 2.24) is 15.0 Å². The van der Waals surface area contributed by atoms with E-state index in [1.807, 2.05) is 19.1 Å². The molecule has 0 fully saturated rings.